The van der Waals surface area contributed by atoms with E-state index < -0.39 is 6.17 Å². The highest BCUT2D eigenvalue weighted by atomic mass is 16.2. The van der Waals surface area contributed by atoms with Gasteiger partial charge in [-0.25, -0.2) is 0 Å². The van der Waals surface area contributed by atoms with E-state index in [9.17, 15) is 14.4 Å². The second-order valence-corrected chi connectivity index (χ2v) is 8.95. The predicted octanol–water partition coefficient (Wildman–Crippen LogP) is 2.09. The number of carbonyl (C=O) groups is 3. The molecule has 1 aliphatic heterocycles. The van der Waals surface area contributed by atoms with Crippen LogP contribution in [0.3, 0.4) is 0 Å². The highest BCUT2D eigenvalue weighted by molar-refractivity contribution is 6.01. The molecule has 1 aliphatic carbocycles. The van der Waals surface area contributed by atoms with Gasteiger partial charge in [-0.1, -0.05) is 17.7 Å². The average Bonchev–Trinajstić information content (AvgIpc) is 2.85. The summed E-state index contributed by atoms with van der Waals surface area (Å²) in [6.07, 6.45) is 5.94. The summed E-state index contributed by atoms with van der Waals surface area (Å²) >= 11 is 0. The lowest BCUT2D eigenvalue weighted by atomic mass is 9.91. The van der Waals surface area contributed by atoms with Crippen molar-refractivity contribution in [1.29, 1.82) is 0 Å². The molecular weight excluding hydrogens is 418 g/mol. The number of pyridine rings is 1. The number of nitrogens with zero attached hydrogens (tertiary/aromatic N) is 3. The quantitative estimate of drug-likeness (QED) is 0.743. The molecule has 4 rings (SSSR count). The number of nitrogens with one attached hydrogen (secondary N) is 1. The molecule has 1 aromatic carbocycles. The normalized spacial score (nSPS) is 23.2. The molecule has 3 N–H and O–H groups in total. The summed E-state index contributed by atoms with van der Waals surface area (Å²) in [7, 11) is 0. The van der Waals surface area contributed by atoms with Gasteiger partial charge < -0.3 is 20.9 Å². The Labute approximate surface area is 194 Å². The highest BCUT2D eigenvalue weighted by Gasteiger charge is 2.41. The van der Waals surface area contributed by atoms with Gasteiger partial charge >= 0.3 is 0 Å². The Morgan fingerprint density at radius 1 is 0.939 bits per heavy atom. The number of rotatable bonds is 4. The number of nitrogens with two attached hydrogens (primary N) is 1. The molecule has 1 aromatic heterocycles. The van der Waals surface area contributed by atoms with E-state index in [1.807, 2.05) is 19.1 Å². The molecule has 2 aliphatic rings. The van der Waals surface area contributed by atoms with E-state index in [4.69, 9.17) is 5.73 Å². The number of hydrogen-bond donors (Lipinski definition) is 2. The highest BCUT2D eigenvalue weighted by Crippen LogP contribution is 2.23. The minimum atomic E-state index is -1.02. The standard InChI is InChI=1S/C25H31N5O3/c1-17-5-7-18(8-6-17)24(32)29-14-3-15-30(25(33)19-4-2-13-27-16-19)23(29)22(31)28-21-11-9-20(26)10-12-21/h2,4-8,13,16,20-21,23H,3,9-12,14-15,26H2,1H3,(H,28,31). The van der Waals surface area contributed by atoms with Gasteiger partial charge in [-0.3, -0.25) is 19.4 Å². The van der Waals surface area contributed by atoms with Gasteiger partial charge in [0, 0.05) is 43.1 Å². The fraction of sp³-hybridized carbons (Fsp3) is 0.440. The molecule has 1 unspecified atom stereocenters. The Kier molecular flexibility index (Phi) is 7.03. The minimum absolute atomic E-state index is 0.00843. The van der Waals surface area contributed by atoms with Gasteiger partial charge in [0.2, 0.25) is 0 Å². The molecule has 1 atom stereocenters. The molecule has 8 heteroatoms. The molecule has 2 aromatic rings. The van der Waals surface area contributed by atoms with Crippen molar-refractivity contribution in [2.24, 2.45) is 5.73 Å². The first kappa shape index (κ1) is 22.9. The zero-order chi connectivity index (χ0) is 23.4. The summed E-state index contributed by atoms with van der Waals surface area (Å²) in [5, 5.41) is 3.09. The maximum atomic E-state index is 13.5. The lowest BCUT2D eigenvalue weighted by Crippen LogP contribution is -2.64. The van der Waals surface area contributed by atoms with Crippen LogP contribution in [0.5, 0.6) is 0 Å². The van der Waals surface area contributed by atoms with Crippen LogP contribution >= 0.6 is 0 Å². The van der Waals surface area contributed by atoms with Crippen LogP contribution in [0.25, 0.3) is 0 Å². The zero-order valence-corrected chi connectivity index (χ0v) is 18.9. The third kappa shape index (κ3) is 5.22. The first-order valence-corrected chi connectivity index (χ1v) is 11.6. The minimum Gasteiger partial charge on any atom is -0.350 e. The van der Waals surface area contributed by atoms with Crippen molar-refractivity contribution in [3.05, 3.63) is 65.5 Å². The van der Waals surface area contributed by atoms with E-state index in [0.29, 0.717) is 30.6 Å². The summed E-state index contributed by atoms with van der Waals surface area (Å²) in [6.45, 7) is 2.74. The van der Waals surface area contributed by atoms with E-state index >= 15 is 0 Å². The summed E-state index contributed by atoms with van der Waals surface area (Å²) in [5.41, 5.74) is 7.94. The van der Waals surface area contributed by atoms with Crippen LogP contribution < -0.4 is 11.1 Å². The maximum Gasteiger partial charge on any atom is 0.264 e. The Morgan fingerprint density at radius 2 is 1.58 bits per heavy atom. The van der Waals surface area contributed by atoms with Crippen LogP contribution in [-0.4, -0.2) is 63.8 Å². The summed E-state index contributed by atoms with van der Waals surface area (Å²) in [4.78, 5) is 47.4. The number of amides is 3. The van der Waals surface area contributed by atoms with Crippen molar-refractivity contribution in [1.82, 2.24) is 20.1 Å². The number of benzene rings is 1. The molecule has 0 bridgehead atoms. The average molecular weight is 450 g/mol. The second-order valence-electron chi connectivity index (χ2n) is 8.95. The Hall–Kier alpha value is -3.26. The van der Waals surface area contributed by atoms with Crippen molar-refractivity contribution in [2.45, 2.75) is 57.3 Å². The Balaban J connectivity index is 1.62. The van der Waals surface area contributed by atoms with Gasteiger partial charge in [0.15, 0.2) is 6.17 Å². The molecule has 33 heavy (non-hydrogen) atoms. The SMILES string of the molecule is Cc1ccc(C(=O)N2CCCN(C(=O)c3cccnc3)C2C(=O)NC2CCC(N)CC2)cc1. The molecule has 8 nitrogen and oxygen atoms in total. The van der Waals surface area contributed by atoms with Crippen LogP contribution in [0.4, 0.5) is 0 Å². The largest absolute Gasteiger partial charge is 0.350 e. The third-order valence-electron chi connectivity index (χ3n) is 6.47. The summed E-state index contributed by atoms with van der Waals surface area (Å²) in [5.74, 6) is -0.896. The first-order chi connectivity index (χ1) is 15.9. The van der Waals surface area contributed by atoms with Gasteiger partial charge in [0.1, 0.15) is 0 Å². The molecule has 2 heterocycles. The number of aryl methyl sites for hydroxylation is 1. The predicted molar refractivity (Wildman–Crippen MR) is 124 cm³/mol. The van der Waals surface area contributed by atoms with Gasteiger partial charge in [-0.15, -0.1) is 0 Å². The summed E-state index contributed by atoms with van der Waals surface area (Å²) in [6, 6.07) is 10.8. The van der Waals surface area contributed by atoms with Gasteiger partial charge in [-0.2, -0.15) is 0 Å². The summed E-state index contributed by atoms with van der Waals surface area (Å²) < 4.78 is 0. The van der Waals surface area contributed by atoms with Crippen molar-refractivity contribution >= 4 is 17.7 Å². The van der Waals surface area contributed by atoms with E-state index in [1.54, 1.807) is 30.5 Å². The topological polar surface area (TPSA) is 109 Å². The van der Waals surface area contributed by atoms with E-state index in [2.05, 4.69) is 10.3 Å². The van der Waals surface area contributed by atoms with Crippen LogP contribution in [0.2, 0.25) is 0 Å². The smallest absolute Gasteiger partial charge is 0.264 e. The zero-order valence-electron chi connectivity index (χ0n) is 18.9. The second kappa shape index (κ2) is 10.1. The molecule has 2 fully saturated rings. The van der Waals surface area contributed by atoms with Crippen molar-refractivity contribution < 1.29 is 14.4 Å². The third-order valence-corrected chi connectivity index (χ3v) is 6.47. The number of carbonyl (C=O) groups excluding carboxylic acids is 3. The fourth-order valence-corrected chi connectivity index (χ4v) is 4.59. The molecular formula is C25H31N5O3. The number of hydrogen-bond acceptors (Lipinski definition) is 5. The van der Waals surface area contributed by atoms with E-state index in [0.717, 1.165) is 31.2 Å². The molecule has 174 valence electrons. The van der Waals surface area contributed by atoms with E-state index in [-0.39, 0.29) is 29.8 Å². The maximum absolute atomic E-state index is 13.5. The van der Waals surface area contributed by atoms with Gasteiger partial charge in [0.05, 0.1) is 5.56 Å². The van der Waals surface area contributed by atoms with Gasteiger partial charge in [0.25, 0.3) is 17.7 Å². The van der Waals surface area contributed by atoms with Crippen LogP contribution in [-0.2, 0) is 4.79 Å². The van der Waals surface area contributed by atoms with Crippen molar-refractivity contribution in [2.75, 3.05) is 13.1 Å². The van der Waals surface area contributed by atoms with Crippen molar-refractivity contribution in [3.63, 3.8) is 0 Å². The monoisotopic (exact) mass is 449 g/mol. The molecule has 0 spiro atoms. The van der Waals surface area contributed by atoms with Gasteiger partial charge in [-0.05, 0) is 63.3 Å². The molecule has 1 saturated heterocycles. The fourth-order valence-electron chi connectivity index (χ4n) is 4.59. The number of aromatic nitrogens is 1. The van der Waals surface area contributed by atoms with Crippen LogP contribution in [0, 0.1) is 6.92 Å². The molecule has 1 saturated carbocycles. The Bertz CT molecular complexity index is 987. The molecule has 0 radical (unpaired) electrons. The van der Waals surface area contributed by atoms with Crippen LogP contribution in [0.15, 0.2) is 48.8 Å². The molecule has 3 amide bonds. The first-order valence-electron chi connectivity index (χ1n) is 11.6. The Morgan fingerprint density at radius 3 is 2.18 bits per heavy atom. The van der Waals surface area contributed by atoms with Crippen LogP contribution in [0.1, 0.15) is 58.4 Å². The lowest BCUT2D eigenvalue weighted by molar-refractivity contribution is -0.133. The lowest BCUT2D eigenvalue weighted by Gasteiger charge is -2.43. The van der Waals surface area contributed by atoms with Crippen molar-refractivity contribution in [3.8, 4) is 0 Å². The van der Waals surface area contributed by atoms with E-state index in [1.165, 1.54) is 16.0 Å².